The molecule has 2 atom stereocenters. The lowest BCUT2D eigenvalue weighted by atomic mass is 9.83. The maximum atomic E-state index is 14.1. The summed E-state index contributed by atoms with van der Waals surface area (Å²) in [7, 11) is 0. The number of benzene rings is 1. The second-order valence-corrected chi connectivity index (χ2v) is 15.2. The number of ether oxygens (including phenoxy) is 1. The topological polar surface area (TPSA) is 115 Å². The first-order valence-corrected chi connectivity index (χ1v) is 19.0. The number of carbonyl (C=O) groups excluding carboxylic acids is 3. The van der Waals surface area contributed by atoms with Gasteiger partial charge in [-0.25, -0.2) is 9.59 Å². The van der Waals surface area contributed by atoms with Crippen molar-refractivity contribution < 1.29 is 19.1 Å². The summed E-state index contributed by atoms with van der Waals surface area (Å²) < 4.78 is 6.10. The number of carbonyl (C=O) groups is 3. The summed E-state index contributed by atoms with van der Waals surface area (Å²) in [5.41, 5.74) is 10.6. The van der Waals surface area contributed by atoms with Crippen molar-refractivity contribution in [2.24, 2.45) is 5.92 Å². The summed E-state index contributed by atoms with van der Waals surface area (Å²) in [6, 6.07) is 4.28. The Kier molecular flexibility index (Phi) is 10.0. The number of hydrogen-bond donors (Lipinski definition) is 2. The van der Waals surface area contributed by atoms with Crippen molar-refractivity contribution >= 4 is 52.3 Å². The van der Waals surface area contributed by atoms with Gasteiger partial charge in [0.15, 0.2) is 6.10 Å². The first-order chi connectivity index (χ1) is 23.3. The Balaban J connectivity index is 0.996. The Morgan fingerprint density at radius 2 is 1.75 bits per heavy atom. The number of aryl methyl sites for hydroxylation is 1. The van der Waals surface area contributed by atoms with Crippen LogP contribution in [0.1, 0.15) is 49.3 Å². The van der Waals surface area contributed by atoms with Crippen molar-refractivity contribution in [1.82, 2.24) is 24.5 Å². The van der Waals surface area contributed by atoms with Crippen molar-refractivity contribution in [3.63, 3.8) is 0 Å². The van der Waals surface area contributed by atoms with E-state index in [2.05, 4.69) is 20.5 Å². The lowest BCUT2D eigenvalue weighted by molar-refractivity contribution is -0.143. The molecule has 4 amide bonds. The van der Waals surface area contributed by atoms with Gasteiger partial charge in [-0.05, 0) is 85.7 Å². The van der Waals surface area contributed by atoms with E-state index in [1.807, 2.05) is 28.2 Å². The second kappa shape index (κ2) is 14.4. The number of urea groups is 1. The third-order valence-corrected chi connectivity index (χ3v) is 12.4. The van der Waals surface area contributed by atoms with Crippen LogP contribution in [-0.2, 0) is 28.8 Å². The largest absolute Gasteiger partial charge is 0.436 e. The van der Waals surface area contributed by atoms with E-state index < -0.39 is 12.2 Å². The number of halogens is 1. The molecular weight excluding hydrogens is 650 g/mol. The van der Waals surface area contributed by atoms with Gasteiger partial charge in [-0.3, -0.25) is 9.69 Å². The van der Waals surface area contributed by atoms with Gasteiger partial charge in [0.05, 0.1) is 16.4 Å². The number of piperazine rings is 1. The number of rotatable bonds is 7. The number of thiophene rings is 1. The number of likely N-dealkylation sites (tertiary alicyclic amines) is 1. The Morgan fingerprint density at radius 1 is 1.00 bits per heavy atom. The van der Waals surface area contributed by atoms with Crippen molar-refractivity contribution in [1.29, 1.82) is 0 Å². The molecule has 7 heterocycles. The van der Waals surface area contributed by atoms with E-state index >= 15 is 0 Å². The maximum Gasteiger partial charge on any atom is 0.410 e. The number of fused-ring (bicyclic) bond motifs is 4. The normalized spacial score (nSPS) is 25.8. The fraction of sp³-hybridized carbons (Fsp3) is 0.629. The van der Waals surface area contributed by atoms with Crippen LogP contribution in [0.5, 0.6) is 0 Å². The number of amides is 4. The van der Waals surface area contributed by atoms with Crippen molar-refractivity contribution in [2.75, 3.05) is 76.5 Å². The van der Waals surface area contributed by atoms with Crippen molar-refractivity contribution in [3.05, 3.63) is 44.6 Å². The molecule has 6 aliphatic heterocycles. The molecule has 3 N–H and O–H groups in total. The average Bonchev–Trinajstić information content (AvgIpc) is 3.49. The molecule has 0 aliphatic carbocycles. The third-order valence-electron chi connectivity index (χ3n) is 11.3. The smallest absolute Gasteiger partial charge is 0.410 e. The zero-order valence-electron chi connectivity index (χ0n) is 27.9. The van der Waals surface area contributed by atoms with Crippen LogP contribution in [0.15, 0.2) is 22.9 Å². The predicted molar refractivity (Wildman–Crippen MR) is 189 cm³/mol. The Bertz CT molecular complexity index is 1500. The Labute approximate surface area is 292 Å². The van der Waals surface area contributed by atoms with E-state index in [1.165, 1.54) is 31.5 Å². The van der Waals surface area contributed by atoms with E-state index in [0.717, 1.165) is 48.8 Å². The standard InChI is InChI=1S/C35H48ClN7O4S/c1-2-24-17-23(18-28(36)32(24)37)19-31(33(44)41-15-13-40(14-16-41)30-20-39-8-3-25(30)4-9-39)47-35(46)42-10-6-27(7-11-42)43-12-5-26-21-48-22-29(26)38-34(43)45/h17-18,21-22,25,27,30-31H,2-16,19-20,37H2,1H3,(H,38,45)/t30?,31-/m1/s1. The van der Waals surface area contributed by atoms with E-state index in [9.17, 15) is 14.4 Å². The van der Waals surface area contributed by atoms with Gasteiger partial charge in [0.2, 0.25) is 0 Å². The van der Waals surface area contributed by atoms with Crippen LogP contribution < -0.4 is 11.1 Å². The Hall–Kier alpha value is -3.06. The summed E-state index contributed by atoms with van der Waals surface area (Å²) in [4.78, 5) is 51.4. The molecule has 13 heteroatoms. The zero-order chi connectivity index (χ0) is 33.4. The van der Waals surface area contributed by atoms with Crippen molar-refractivity contribution in [3.8, 4) is 0 Å². The lowest BCUT2D eigenvalue weighted by Crippen LogP contribution is -2.62. The lowest BCUT2D eigenvalue weighted by Gasteiger charge is -2.51. The van der Waals surface area contributed by atoms with E-state index in [1.54, 1.807) is 22.3 Å². The third kappa shape index (κ3) is 6.99. The molecule has 1 unspecified atom stereocenters. The van der Waals surface area contributed by atoms with Crippen LogP contribution in [0, 0.1) is 5.92 Å². The molecule has 1 aromatic heterocycles. The number of piperidine rings is 4. The van der Waals surface area contributed by atoms with Gasteiger partial charge in [0.25, 0.3) is 5.91 Å². The minimum atomic E-state index is -0.974. The van der Waals surface area contributed by atoms with E-state index in [0.29, 0.717) is 68.7 Å². The van der Waals surface area contributed by atoms with E-state index in [4.69, 9.17) is 22.1 Å². The molecule has 0 radical (unpaired) electrons. The van der Waals surface area contributed by atoms with Crippen LogP contribution in [0.3, 0.4) is 0 Å². The molecule has 2 bridgehead atoms. The maximum absolute atomic E-state index is 14.1. The van der Waals surface area contributed by atoms with Crippen LogP contribution >= 0.6 is 22.9 Å². The summed E-state index contributed by atoms with van der Waals surface area (Å²) >= 11 is 8.09. The summed E-state index contributed by atoms with van der Waals surface area (Å²) in [6.07, 6.45) is 4.13. The van der Waals surface area contributed by atoms with Crippen LogP contribution in [-0.4, -0.2) is 126 Å². The molecule has 2 aromatic rings. The van der Waals surface area contributed by atoms with Crippen molar-refractivity contribution in [2.45, 2.75) is 70.1 Å². The molecule has 8 rings (SSSR count). The van der Waals surface area contributed by atoms with E-state index in [-0.39, 0.29) is 24.4 Å². The molecule has 0 spiro atoms. The summed E-state index contributed by atoms with van der Waals surface area (Å²) in [5, 5.41) is 7.57. The first kappa shape index (κ1) is 33.4. The van der Waals surface area contributed by atoms with Gasteiger partial charge in [0.1, 0.15) is 0 Å². The second-order valence-electron chi connectivity index (χ2n) is 14.0. The molecule has 260 valence electrons. The van der Waals surface area contributed by atoms with Gasteiger partial charge in [0, 0.05) is 76.2 Å². The van der Waals surface area contributed by atoms with Crippen LogP contribution in [0.25, 0.3) is 0 Å². The monoisotopic (exact) mass is 697 g/mol. The summed E-state index contributed by atoms with van der Waals surface area (Å²) in [5.74, 6) is 0.590. The predicted octanol–water partition coefficient (Wildman–Crippen LogP) is 4.39. The number of nitrogens with one attached hydrogen (secondary N) is 1. The van der Waals surface area contributed by atoms with Gasteiger partial charge in [-0.15, -0.1) is 11.3 Å². The molecule has 0 saturated carbocycles. The minimum Gasteiger partial charge on any atom is -0.436 e. The quantitative estimate of drug-likeness (QED) is 0.413. The highest BCUT2D eigenvalue weighted by molar-refractivity contribution is 7.08. The zero-order valence-corrected chi connectivity index (χ0v) is 29.4. The Morgan fingerprint density at radius 3 is 2.44 bits per heavy atom. The average molecular weight is 698 g/mol. The number of nitrogen functional groups attached to an aromatic ring is 1. The molecular formula is C35H48ClN7O4S. The molecule has 11 nitrogen and oxygen atoms in total. The SMILES string of the molecule is CCc1cc(C[C@@H](OC(=O)N2CCC(N3CCc4cscc4NC3=O)CC2)C(=O)N2CCN(C3CN4CCC3CC4)CC2)cc(Cl)c1N. The number of hydrogen-bond acceptors (Lipinski definition) is 8. The van der Waals surface area contributed by atoms with Gasteiger partial charge >= 0.3 is 12.1 Å². The minimum absolute atomic E-state index is 0.0380. The van der Waals surface area contributed by atoms with Gasteiger partial charge < -0.3 is 35.4 Å². The number of nitrogens with zero attached hydrogens (tertiary/aromatic N) is 5. The molecule has 48 heavy (non-hydrogen) atoms. The number of anilines is 2. The van der Waals surface area contributed by atoms with Crippen LogP contribution in [0.4, 0.5) is 21.0 Å². The molecule has 1 aromatic carbocycles. The fourth-order valence-electron chi connectivity index (χ4n) is 8.43. The molecule has 5 saturated heterocycles. The number of nitrogens with two attached hydrogens (primary N) is 1. The first-order valence-electron chi connectivity index (χ1n) is 17.7. The summed E-state index contributed by atoms with van der Waals surface area (Å²) in [6.45, 7) is 10.0. The highest BCUT2D eigenvalue weighted by Crippen LogP contribution is 2.32. The van der Waals surface area contributed by atoms with Gasteiger partial charge in [-0.1, -0.05) is 24.6 Å². The van der Waals surface area contributed by atoms with Gasteiger partial charge in [-0.2, -0.15) is 0 Å². The highest BCUT2D eigenvalue weighted by Gasteiger charge is 2.40. The fourth-order valence-corrected chi connectivity index (χ4v) is 9.51. The molecule has 5 fully saturated rings. The highest BCUT2D eigenvalue weighted by atomic mass is 35.5. The van der Waals surface area contributed by atoms with Crippen LogP contribution in [0.2, 0.25) is 5.02 Å². The molecule has 6 aliphatic rings.